The first-order chi connectivity index (χ1) is 9.54. The van der Waals surface area contributed by atoms with Crippen LogP contribution in [0, 0.1) is 13.8 Å². The molecule has 0 bridgehead atoms. The van der Waals surface area contributed by atoms with Gasteiger partial charge in [0.1, 0.15) is 0 Å². The van der Waals surface area contributed by atoms with Crippen molar-refractivity contribution in [3.63, 3.8) is 0 Å². The average molecular weight is 286 g/mol. The second-order valence-electron chi connectivity index (χ2n) is 4.67. The first-order valence-electron chi connectivity index (χ1n) is 6.21. The second kappa shape index (κ2) is 4.72. The highest BCUT2D eigenvalue weighted by Crippen LogP contribution is 2.22. The molecule has 0 unspecified atom stereocenters. The van der Waals surface area contributed by atoms with E-state index in [-0.39, 0.29) is 5.91 Å². The maximum atomic E-state index is 12.2. The van der Waals surface area contributed by atoms with Gasteiger partial charge >= 0.3 is 0 Å². The van der Waals surface area contributed by atoms with Crippen molar-refractivity contribution in [3.05, 3.63) is 40.7 Å². The monoisotopic (exact) mass is 286 g/mol. The lowest BCUT2D eigenvalue weighted by Gasteiger charge is -2.02. The molecule has 20 heavy (non-hydrogen) atoms. The summed E-state index contributed by atoms with van der Waals surface area (Å²) in [6.07, 6.45) is 1.74. The Bertz CT molecular complexity index is 783. The molecule has 3 aromatic rings. The highest BCUT2D eigenvalue weighted by atomic mass is 32.1. The van der Waals surface area contributed by atoms with Crippen LogP contribution in [0.25, 0.3) is 11.0 Å². The van der Waals surface area contributed by atoms with Gasteiger partial charge in [-0.3, -0.25) is 10.1 Å². The number of fused-ring (bicyclic) bond motifs is 1. The standard InChI is InChI=1S/C14H14N4OS/c1-8-9(2)20-14(16-8)17-13(19)10-4-5-12-11(6-10)15-7-18(12)3/h4-7H,1-3H3,(H,16,17,19). The highest BCUT2D eigenvalue weighted by Gasteiger charge is 2.11. The largest absolute Gasteiger partial charge is 0.334 e. The van der Waals surface area contributed by atoms with Crippen LogP contribution in [0.1, 0.15) is 20.9 Å². The van der Waals surface area contributed by atoms with E-state index >= 15 is 0 Å². The lowest BCUT2D eigenvalue weighted by atomic mass is 10.2. The zero-order valence-electron chi connectivity index (χ0n) is 11.5. The first-order valence-corrected chi connectivity index (χ1v) is 7.02. The molecule has 0 atom stereocenters. The van der Waals surface area contributed by atoms with Gasteiger partial charge in [0.15, 0.2) is 5.13 Å². The molecule has 0 aliphatic carbocycles. The summed E-state index contributed by atoms with van der Waals surface area (Å²) in [6, 6.07) is 5.49. The third-order valence-corrected chi connectivity index (χ3v) is 4.22. The van der Waals surface area contributed by atoms with Crippen LogP contribution in [0.5, 0.6) is 0 Å². The summed E-state index contributed by atoms with van der Waals surface area (Å²) < 4.78 is 1.92. The Morgan fingerprint density at radius 2 is 2.15 bits per heavy atom. The Hall–Kier alpha value is -2.21. The first kappa shape index (κ1) is 12.8. The van der Waals surface area contributed by atoms with Crippen molar-refractivity contribution >= 4 is 33.4 Å². The van der Waals surface area contributed by atoms with Crippen LogP contribution in [0.4, 0.5) is 5.13 Å². The number of hydrogen-bond acceptors (Lipinski definition) is 4. The van der Waals surface area contributed by atoms with Crippen LogP contribution in [0.15, 0.2) is 24.5 Å². The molecule has 0 spiro atoms. The fourth-order valence-corrected chi connectivity index (χ4v) is 2.78. The number of rotatable bonds is 2. The Morgan fingerprint density at radius 1 is 1.35 bits per heavy atom. The van der Waals surface area contributed by atoms with E-state index in [1.165, 1.54) is 11.3 Å². The zero-order chi connectivity index (χ0) is 14.3. The van der Waals surface area contributed by atoms with E-state index in [0.29, 0.717) is 10.7 Å². The molecule has 1 aromatic carbocycles. The van der Waals surface area contributed by atoms with Crippen LogP contribution < -0.4 is 5.32 Å². The van der Waals surface area contributed by atoms with Crippen molar-refractivity contribution in [2.24, 2.45) is 7.05 Å². The van der Waals surface area contributed by atoms with Gasteiger partial charge in [0.25, 0.3) is 5.91 Å². The molecular weight excluding hydrogens is 272 g/mol. The number of thiazole rings is 1. The molecule has 3 rings (SSSR count). The van der Waals surface area contributed by atoms with Gasteiger partial charge < -0.3 is 4.57 Å². The number of nitrogens with one attached hydrogen (secondary N) is 1. The fourth-order valence-electron chi connectivity index (χ4n) is 1.97. The van der Waals surface area contributed by atoms with Gasteiger partial charge in [0, 0.05) is 17.5 Å². The molecule has 1 N–H and O–H groups in total. The molecule has 2 aromatic heterocycles. The molecule has 0 fully saturated rings. The number of amides is 1. The summed E-state index contributed by atoms with van der Waals surface area (Å²) in [4.78, 5) is 21.9. The summed E-state index contributed by atoms with van der Waals surface area (Å²) in [5.74, 6) is -0.161. The molecule has 0 saturated carbocycles. The molecule has 1 amide bonds. The molecule has 2 heterocycles. The van der Waals surface area contributed by atoms with Crippen LogP contribution in [0.2, 0.25) is 0 Å². The van der Waals surface area contributed by atoms with Crippen LogP contribution in [0.3, 0.4) is 0 Å². The molecule has 0 aliphatic heterocycles. The van der Waals surface area contributed by atoms with Crippen LogP contribution >= 0.6 is 11.3 Å². The Kier molecular flexibility index (Phi) is 3.02. The van der Waals surface area contributed by atoms with Crippen molar-refractivity contribution in [2.45, 2.75) is 13.8 Å². The number of hydrogen-bond donors (Lipinski definition) is 1. The van der Waals surface area contributed by atoms with E-state index in [1.54, 1.807) is 18.5 Å². The van der Waals surface area contributed by atoms with E-state index in [0.717, 1.165) is 21.6 Å². The SMILES string of the molecule is Cc1nc(NC(=O)c2ccc3c(c2)ncn3C)sc1C. The lowest BCUT2D eigenvalue weighted by Crippen LogP contribution is -2.11. The predicted octanol–water partition coefficient (Wildman–Crippen LogP) is 2.90. The molecule has 0 saturated heterocycles. The molecule has 6 heteroatoms. The number of nitrogens with zero attached hydrogens (tertiary/aromatic N) is 3. The fraction of sp³-hybridized carbons (Fsp3) is 0.214. The minimum atomic E-state index is -0.161. The maximum Gasteiger partial charge on any atom is 0.257 e. The minimum Gasteiger partial charge on any atom is -0.334 e. The Labute approximate surface area is 120 Å². The maximum absolute atomic E-state index is 12.2. The van der Waals surface area contributed by atoms with Crippen molar-refractivity contribution in [3.8, 4) is 0 Å². The smallest absolute Gasteiger partial charge is 0.257 e. The van der Waals surface area contributed by atoms with Crippen molar-refractivity contribution in [2.75, 3.05) is 5.32 Å². The summed E-state index contributed by atoms with van der Waals surface area (Å²) >= 11 is 1.48. The summed E-state index contributed by atoms with van der Waals surface area (Å²) in [6.45, 7) is 3.92. The van der Waals surface area contributed by atoms with Gasteiger partial charge in [-0.2, -0.15) is 0 Å². The highest BCUT2D eigenvalue weighted by molar-refractivity contribution is 7.15. The molecule has 102 valence electrons. The quantitative estimate of drug-likeness (QED) is 0.788. The second-order valence-corrected chi connectivity index (χ2v) is 5.88. The molecule has 0 aliphatic rings. The summed E-state index contributed by atoms with van der Waals surface area (Å²) in [5, 5.41) is 3.46. The average Bonchev–Trinajstić information content (AvgIpc) is 2.93. The minimum absolute atomic E-state index is 0.161. The third kappa shape index (κ3) is 2.18. The van der Waals surface area contributed by atoms with Crippen molar-refractivity contribution < 1.29 is 4.79 Å². The summed E-state index contributed by atoms with van der Waals surface area (Å²) in [5.41, 5.74) is 3.35. The Balaban J connectivity index is 1.88. The van der Waals surface area contributed by atoms with E-state index in [4.69, 9.17) is 0 Å². The van der Waals surface area contributed by atoms with Crippen molar-refractivity contribution in [1.29, 1.82) is 0 Å². The van der Waals surface area contributed by atoms with E-state index in [9.17, 15) is 4.79 Å². The lowest BCUT2D eigenvalue weighted by molar-refractivity contribution is 0.102. The van der Waals surface area contributed by atoms with E-state index in [1.807, 2.05) is 31.5 Å². The normalized spacial score (nSPS) is 10.9. The van der Waals surface area contributed by atoms with Crippen molar-refractivity contribution in [1.82, 2.24) is 14.5 Å². The zero-order valence-corrected chi connectivity index (χ0v) is 12.3. The Morgan fingerprint density at radius 3 is 2.85 bits per heavy atom. The van der Waals surface area contributed by atoms with Gasteiger partial charge in [-0.1, -0.05) is 0 Å². The van der Waals surface area contributed by atoms with E-state index < -0.39 is 0 Å². The van der Waals surface area contributed by atoms with E-state index in [2.05, 4.69) is 15.3 Å². The predicted molar refractivity (Wildman–Crippen MR) is 80.3 cm³/mol. The molecule has 5 nitrogen and oxygen atoms in total. The number of benzene rings is 1. The van der Waals surface area contributed by atoms with Gasteiger partial charge in [0.05, 0.1) is 23.1 Å². The van der Waals surface area contributed by atoms with Gasteiger partial charge in [0.2, 0.25) is 0 Å². The molecule has 0 radical (unpaired) electrons. The van der Waals surface area contributed by atoms with Gasteiger partial charge in [-0.05, 0) is 32.0 Å². The number of carbonyl (C=O) groups excluding carboxylic acids is 1. The van der Waals surface area contributed by atoms with Crippen LogP contribution in [-0.4, -0.2) is 20.4 Å². The third-order valence-electron chi connectivity index (χ3n) is 3.24. The van der Waals surface area contributed by atoms with Crippen LogP contribution in [-0.2, 0) is 7.05 Å². The number of aromatic nitrogens is 3. The number of anilines is 1. The summed E-state index contributed by atoms with van der Waals surface area (Å²) in [7, 11) is 1.93. The van der Waals surface area contributed by atoms with Gasteiger partial charge in [-0.15, -0.1) is 11.3 Å². The molecular formula is C14H14N4OS. The topological polar surface area (TPSA) is 59.8 Å². The number of aryl methyl sites for hydroxylation is 3. The number of imidazole rings is 1. The number of carbonyl (C=O) groups is 1. The van der Waals surface area contributed by atoms with Gasteiger partial charge in [-0.25, -0.2) is 9.97 Å².